The normalized spacial score (nSPS) is 12.9. The van der Waals surface area contributed by atoms with E-state index in [0.717, 1.165) is 19.3 Å². The first-order valence-electron chi connectivity index (χ1n) is 20.2. The third-order valence-electron chi connectivity index (χ3n) is 8.34. The van der Waals surface area contributed by atoms with Crippen LogP contribution in [0.3, 0.4) is 0 Å². The van der Waals surface area contributed by atoms with Crippen LogP contribution in [-0.2, 0) is 66.7 Å². The van der Waals surface area contributed by atoms with Gasteiger partial charge in [-0.2, -0.15) is 0 Å². The lowest BCUT2D eigenvalue weighted by atomic mass is 9.69. The maximum Gasteiger partial charge on any atom is 0.333 e. The van der Waals surface area contributed by atoms with Crippen molar-refractivity contribution in [3.63, 3.8) is 0 Å². The molecule has 0 aliphatic rings. The maximum absolute atomic E-state index is 13.4. The number of rotatable bonds is 30. The van der Waals surface area contributed by atoms with Gasteiger partial charge in [0.25, 0.3) is 0 Å². The van der Waals surface area contributed by atoms with E-state index in [9.17, 15) is 33.6 Å². The SMILES string of the molecule is C=C(C)C(=O)OCCCCCC(=O)OCC.CCOC(=O)CCCCCOC(=O)C(C)(Br)CC(C)(CC(C)(C)C(=O)OCC)C(=O)OCCCCCC(=O)OCC. The molecule has 0 rings (SSSR count). The van der Waals surface area contributed by atoms with E-state index in [1.54, 1.807) is 62.3 Å². The summed E-state index contributed by atoms with van der Waals surface area (Å²) < 4.78 is 34.6. The van der Waals surface area contributed by atoms with Crippen molar-refractivity contribution in [2.24, 2.45) is 10.8 Å². The van der Waals surface area contributed by atoms with Crippen LogP contribution < -0.4 is 0 Å². The first kappa shape index (κ1) is 55.6. The topological polar surface area (TPSA) is 184 Å². The van der Waals surface area contributed by atoms with Gasteiger partial charge in [0.1, 0.15) is 4.32 Å². The predicted molar refractivity (Wildman–Crippen MR) is 218 cm³/mol. The van der Waals surface area contributed by atoms with Gasteiger partial charge in [0.2, 0.25) is 0 Å². The number of ether oxygens (including phenoxy) is 7. The van der Waals surface area contributed by atoms with Gasteiger partial charge in [0, 0.05) is 24.8 Å². The van der Waals surface area contributed by atoms with Crippen molar-refractivity contribution in [2.75, 3.05) is 46.2 Å². The Morgan fingerprint density at radius 3 is 1.21 bits per heavy atom. The molecule has 0 radical (unpaired) electrons. The summed E-state index contributed by atoms with van der Waals surface area (Å²) in [6.45, 7) is 20.8. The largest absolute Gasteiger partial charge is 0.466 e. The van der Waals surface area contributed by atoms with Gasteiger partial charge in [0.05, 0.1) is 57.1 Å². The molecule has 0 heterocycles. The van der Waals surface area contributed by atoms with E-state index in [4.69, 9.17) is 33.2 Å². The molecule has 0 aliphatic carbocycles. The zero-order valence-electron chi connectivity index (χ0n) is 36.1. The molecule has 14 nitrogen and oxygen atoms in total. The highest BCUT2D eigenvalue weighted by Crippen LogP contribution is 2.44. The molecule has 0 aromatic rings. The standard InChI is InChI=1S/C30H51BrO10.C12H20O4/c1-8-37-23(32)17-13-11-15-19-40-26(35)29(6,21-28(4,5)25(34)39-10-3)22-30(7,31)27(36)41-20-16-12-14-18-24(33)38-9-2;1-4-15-11(13)8-6-5-7-9-16-12(14)10(2)3/h8-22H2,1-7H3;2,4-9H2,1,3H3. The van der Waals surface area contributed by atoms with Gasteiger partial charge in [-0.25, -0.2) is 4.79 Å². The number of carbonyl (C=O) groups excluding carboxylic acids is 7. The quantitative estimate of drug-likeness (QED) is 0.0222. The van der Waals surface area contributed by atoms with Crippen molar-refractivity contribution < 1.29 is 66.7 Å². The summed E-state index contributed by atoms with van der Waals surface area (Å²) in [6.07, 6.45) is 7.33. The van der Waals surface area contributed by atoms with E-state index >= 15 is 0 Å². The molecule has 0 N–H and O–H groups in total. The fraction of sp³-hybridized carbons (Fsp3) is 0.786. The Morgan fingerprint density at radius 1 is 0.474 bits per heavy atom. The number of hydrogen-bond acceptors (Lipinski definition) is 14. The van der Waals surface area contributed by atoms with Gasteiger partial charge in [-0.1, -0.05) is 22.5 Å². The molecule has 0 saturated heterocycles. The Hall–Kier alpha value is -3.49. The minimum Gasteiger partial charge on any atom is -0.466 e. The molecule has 57 heavy (non-hydrogen) atoms. The number of alkyl halides is 1. The Bertz CT molecular complexity index is 1240. The Labute approximate surface area is 349 Å². The van der Waals surface area contributed by atoms with Gasteiger partial charge in [-0.15, -0.1) is 0 Å². The van der Waals surface area contributed by atoms with Crippen LogP contribution in [0.4, 0.5) is 0 Å². The lowest BCUT2D eigenvalue weighted by Gasteiger charge is -2.37. The average molecular weight is 880 g/mol. The van der Waals surface area contributed by atoms with E-state index < -0.39 is 33.1 Å². The van der Waals surface area contributed by atoms with E-state index in [0.29, 0.717) is 89.8 Å². The van der Waals surface area contributed by atoms with Crippen LogP contribution in [0.25, 0.3) is 0 Å². The monoisotopic (exact) mass is 878 g/mol. The van der Waals surface area contributed by atoms with Crippen LogP contribution in [-0.4, -0.2) is 92.4 Å². The molecule has 0 aromatic carbocycles. The summed E-state index contributed by atoms with van der Waals surface area (Å²) in [4.78, 5) is 83.9. The Kier molecular flexibility index (Phi) is 30.7. The highest BCUT2D eigenvalue weighted by molar-refractivity contribution is 9.10. The van der Waals surface area contributed by atoms with Crippen molar-refractivity contribution >= 4 is 57.7 Å². The number of halogens is 1. The lowest BCUT2D eigenvalue weighted by Crippen LogP contribution is -2.45. The zero-order chi connectivity index (χ0) is 43.9. The number of esters is 7. The molecule has 330 valence electrons. The summed E-state index contributed by atoms with van der Waals surface area (Å²) in [5.41, 5.74) is -1.83. The van der Waals surface area contributed by atoms with Gasteiger partial charge in [0.15, 0.2) is 0 Å². The third-order valence-corrected chi connectivity index (χ3v) is 8.94. The van der Waals surface area contributed by atoms with Crippen molar-refractivity contribution in [3.05, 3.63) is 12.2 Å². The molecule has 0 fully saturated rings. The zero-order valence-corrected chi connectivity index (χ0v) is 37.7. The lowest BCUT2D eigenvalue weighted by molar-refractivity contribution is -0.164. The second-order valence-corrected chi connectivity index (χ2v) is 16.5. The number of carbonyl (C=O) groups is 7. The fourth-order valence-corrected chi connectivity index (χ4v) is 6.41. The van der Waals surface area contributed by atoms with Gasteiger partial charge < -0.3 is 33.2 Å². The molecular weight excluding hydrogens is 808 g/mol. The summed E-state index contributed by atoms with van der Waals surface area (Å²) in [7, 11) is 0. The Morgan fingerprint density at radius 2 is 0.842 bits per heavy atom. The average Bonchev–Trinajstić information content (AvgIpc) is 3.12. The van der Waals surface area contributed by atoms with Crippen molar-refractivity contribution in [3.8, 4) is 0 Å². The second kappa shape index (κ2) is 31.5. The van der Waals surface area contributed by atoms with Crippen LogP contribution >= 0.6 is 15.9 Å². The van der Waals surface area contributed by atoms with Crippen molar-refractivity contribution in [1.29, 1.82) is 0 Å². The molecule has 0 aromatic heterocycles. The molecule has 0 aliphatic heterocycles. The van der Waals surface area contributed by atoms with Crippen LogP contribution in [0.2, 0.25) is 0 Å². The van der Waals surface area contributed by atoms with Gasteiger partial charge >= 0.3 is 41.8 Å². The minimum absolute atomic E-state index is 0.0201. The minimum atomic E-state index is -1.23. The number of unbranched alkanes of at least 4 members (excludes halogenated alkanes) is 6. The highest BCUT2D eigenvalue weighted by Gasteiger charge is 2.49. The highest BCUT2D eigenvalue weighted by atomic mass is 79.9. The third kappa shape index (κ3) is 27.7. The summed E-state index contributed by atoms with van der Waals surface area (Å²) in [5, 5.41) is 0. The summed E-state index contributed by atoms with van der Waals surface area (Å²) >= 11 is 3.47. The smallest absolute Gasteiger partial charge is 0.333 e. The van der Waals surface area contributed by atoms with Crippen molar-refractivity contribution in [1.82, 2.24) is 0 Å². The molecule has 0 amide bonds. The molecule has 15 heteroatoms. The molecule has 0 bridgehead atoms. The molecule has 0 spiro atoms. The van der Waals surface area contributed by atoms with Crippen LogP contribution in [0, 0.1) is 10.8 Å². The Balaban J connectivity index is 0. The van der Waals surface area contributed by atoms with E-state index in [1.807, 2.05) is 0 Å². The summed E-state index contributed by atoms with van der Waals surface area (Å²) in [6, 6.07) is 0. The van der Waals surface area contributed by atoms with Crippen LogP contribution in [0.15, 0.2) is 12.2 Å². The molecule has 2 atom stereocenters. The summed E-state index contributed by atoms with van der Waals surface area (Å²) in [5.74, 6) is -2.52. The van der Waals surface area contributed by atoms with Gasteiger partial charge in [-0.05, 0) is 133 Å². The first-order valence-corrected chi connectivity index (χ1v) is 21.0. The maximum atomic E-state index is 13.4. The second-order valence-electron chi connectivity index (χ2n) is 14.8. The van der Waals surface area contributed by atoms with Crippen LogP contribution in [0.1, 0.15) is 152 Å². The predicted octanol–water partition coefficient (Wildman–Crippen LogP) is 8.08. The van der Waals surface area contributed by atoms with Crippen LogP contribution in [0.5, 0.6) is 0 Å². The number of hydrogen-bond donors (Lipinski definition) is 0. The van der Waals surface area contributed by atoms with Crippen molar-refractivity contribution in [2.45, 2.75) is 157 Å². The first-order chi connectivity index (χ1) is 26.7. The van der Waals surface area contributed by atoms with E-state index in [-0.39, 0.29) is 56.5 Å². The molecular formula is C42H71BrO14. The fourth-order valence-electron chi connectivity index (χ4n) is 5.67. The van der Waals surface area contributed by atoms with E-state index in [1.165, 1.54) is 0 Å². The van der Waals surface area contributed by atoms with E-state index in [2.05, 4.69) is 22.5 Å². The van der Waals surface area contributed by atoms with Gasteiger partial charge in [-0.3, -0.25) is 28.8 Å². The molecule has 0 saturated carbocycles. The molecule has 2 unspecified atom stereocenters.